The average molecular weight is 287 g/mol. The van der Waals surface area contributed by atoms with E-state index in [2.05, 4.69) is 41.4 Å². The molecule has 0 aliphatic carbocycles. The summed E-state index contributed by atoms with van der Waals surface area (Å²) < 4.78 is 0. The molecule has 1 N–H and O–H groups in total. The SMILES string of the molecule is Cc1ccc(N2CCC(=O)Nc3c(Cl)cccc32)cc1. The molecule has 0 radical (unpaired) electrons. The lowest BCUT2D eigenvalue weighted by atomic mass is 10.2. The standard InChI is InChI=1S/C16H15ClN2O/c1-11-5-7-12(8-6-11)19-10-9-15(20)18-16-13(17)3-2-4-14(16)19/h2-8H,9-10H2,1H3,(H,18,20). The fraction of sp³-hybridized carbons (Fsp3) is 0.188. The molecule has 4 heteroatoms. The van der Waals surface area contributed by atoms with Gasteiger partial charge >= 0.3 is 0 Å². The molecular weight excluding hydrogens is 272 g/mol. The normalized spacial score (nSPS) is 14.5. The summed E-state index contributed by atoms with van der Waals surface area (Å²) in [5, 5.41) is 3.45. The van der Waals surface area contributed by atoms with Crippen molar-refractivity contribution in [1.29, 1.82) is 0 Å². The number of halogens is 1. The minimum absolute atomic E-state index is 0.00559. The number of para-hydroxylation sites is 1. The average Bonchev–Trinajstić information content (AvgIpc) is 2.60. The van der Waals surface area contributed by atoms with Crippen LogP contribution >= 0.6 is 11.6 Å². The molecule has 1 amide bonds. The highest BCUT2D eigenvalue weighted by molar-refractivity contribution is 6.34. The van der Waals surface area contributed by atoms with Crippen molar-refractivity contribution in [2.75, 3.05) is 16.8 Å². The molecule has 1 heterocycles. The second-order valence-electron chi connectivity index (χ2n) is 4.92. The van der Waals surface area contributed by atoms with Gasteiger partial charge in [0.05, 0.1) is 16.4 Å². The fourth-order valence-electron chi connectivity index (χ4n) is 2.39. The summed E-state index contributed by atoms with van der Waals surface area (Å²) in [6.07, 6.45) is 0.443. The first-order chi connectivity index (χ1) is 9.65. The van der Waals surface area contributed by atoms with Crippen molar-refractivity contribution >= 4 is 34.6 Å². The van der Waals surface area contributed by atoms with E-state index >= 15 is 0 Å². The number of carbonyl (C=O) groups excluding carboxylic acids is 1. The summed E-state index contributed by atoms with van der Waals surface area (Å²) in [6.45, 7) is 2.70. The number of fused-ring (bicyclic) bond motifs is 1. The van der Waals surface area contributed by atoms with Crippen molar-refractivity contribution in [2.24, 2.45) is 0 Å². The van der Waals surface area contributed by atoms with Gasteiger partial charge in [-0.2, -0.15) is 0 Å². The molecule has 2 aromatic rings. The first-order valence-electron chi connectivity index (χ1n) is 6.58. The number of amides is 1. The molecular formula is C16H15ClN2O. The van der Waals surface area contributed by atoms with E-state index in [9.17, 15) is 4.79 Å². The van der Waals surface area contributed by atoms with Crippen molar-refractivity contribution in [1.82, 2.24) is 0 Å². The van der Waals surface area contributed by atoms with E-state index in [0.29, 0.717) is 23.7 Å². The molecule has 0 unspecified atom stereocenters. The third-order valence-corrected chi connectivity index (χ3v) is 3.77. The van der Waals surface area contributed by atoms with Crippen LogP contribution in [-0.4, -0.2) is 12.5 Å². The van der Waals surface area contributed by atoms with Gasteiger partial charge in [0.2, 0.25) is 5.91 Å². The lowest BCUT2D eigenvalue weighted by Gasteiger charge is -2.24. The molecule has 102 valence electrons. The number of hydrogen-bond acceptors (Lipinski definition) is 2. The van der Waals surface area contributed by atoms with Gasteiger partial charge in [-0.05, 0) is 31.2 Å². The number of rotatable bonds is 1. The fourth-order valence-corrected chi connectivity index (χ4v) is 2.61. The van der Waals surface area contributed by atoms with Gasteiger partial charge in [0.1, 0.15) is 0 Å². The molecule has 0 saturated heterocycles. The van der Waals surface area contributed by atoms with Crippen LogP contribution in [-0.2, 0) is 4.79 Å². The zero-order valence-electron chi connectivity index (χ0n) is 11.2. The monoisotopic (exact) mass is 286 g/mol. The van der Waals surface area contributed by atoms with Crippen LogP contribution in [0.2, 0.25) is 5.02 Å². The summed E-state index contributed by atoms with van der Waals surface area (Å²) in [7, 11) is 0. The second kappa shape index (κ2) is 5.17. The van der Waals surface area contributed by atoms with Gasteiger partial charge in [-0.3, -0.25) is 4.79 Å². The Morgan fingerprint density at radius 1 is 1.15 bits per heavy atom. The largest absolute Gasteiger partial charge is 0.339 e. The Morgan fingerprint density at radius 3 is 2.65 bits per heavy atom. The minimum atomic E-state index is -0.00559. The lowest BCUT2D eigenvalue weighted by Crippen LogP contribution is -2.18. The minimum Gasteiger partial charge on any atom is -0.339 e. The van der Waals surface area contributed by atoms with Crippen molar-refractivity contribution < 1.29 is 4.79 Å². The molecule has 2 aromatic carbocycles. The smallest absolute Gasteiger partial charge is 0.226 e. The molecule has 3 rings (SSSR count). The van der Waals surface area contributed by atoms with E-state index in [1.807, 2.05) is 12.1 Å². The van der Waals surface area contributed by atoms with Gasteiger partial charge in [-0.15, -0.1) is 0 Å². The van der Waals surface area contributed by atoms with Crippen LogP contribution in [0.25, 0.3) is 0 Å². The Morgan fingerprint density at radius 2 is 1.90 bits per heavy atom. The number of nitrogens with zero attached hydrogens (tertiary/aromatic N) is 1. The summed E-state index contributed by atoms with van der Waals surface area (Å²) in [5.41, 5.74) is 3.91. The predicted molar refractivity (Wildman–Crippen MR) is 82.9 cm³/mol. The van der Waals surface area contributed by atoms with Crippen molar-refractivity contribution in [3.63, 3.8) is 0 Å². The number of hydrogen-bond donors (Lipinski definition) is 1. The van der Waals surface area contributed by atoms with Gasteiger partial charge in [-0.25, -0.2) is 0 Å². The van der Waals surface area contributed by atoms with Crippen LogP contribution < -0.4 is 10.2 Å². The summed E-state index contributed by atoms with van der Waals surface area (Å²) in [6, 6.07) is 13.9. The van der Waals surface area contributed by atoms with Crippen LogP contribution in [0.3, 0.4) is 0 Å². The van der Waals surface area contributed by atoms with Crippen LogP contribution in [0.1, 0.15) is 12.0 Å². The summed E-state index contributed by atoms with van der Waals surface area (Å²) in [4.78, 5) is 14.0. The maximum absolute atomic E-state index is 11.8. The third kappa shape index (κ3) is 2.37. The van der Waals surface area contributed by atoms with Gasteiger partial charge in [0, 0.05) is 18.7 Å². The molecule has 0 atom stereocenters. The first kappa shape index (κ1) is 13.0. The molecule has 1 aliphatic rings. The van der Waals surface area contributed by atoms with Crippen LogP contribution in [0, 0.1) is 6.92 Å². The van der Waals surface area contributed by atoms with Crippen LogP contribution in [0.5, 0.6) is 0 Å². The van der Waals surface area contributed by atoms with E-state index in [1.54, 1.807) is 6.07 Å². The summed E-state index contributed by atoms with van der Waals surface area (Å²) >= 11 is 6.22. The number of nitrogens with one attached hydrogen (secondary N) is 1. The van der Waals surface area contributed by atoms with Gasteiger partial charge in [0.15, 0.2) is 0 Å². The molecule has 0 saturated carbocycles. The topological polar surface area (TPSA) is 32.3 Å². The molecule has 0 spiro atoms. The molecule has 0 fully saturated rings. The highest BCUT2D eigenvalue weighted by Crippen LogP contribution is 2.38. The lowest BCUT2D eigenvalue weighted by molar-refractivity contribution is -0.115. The van der Waals surface area contributed by atoms with Gasteiger partial charge < -0.3 is 10.2 Å². The zero-order chi connectivity index (χ0) is 14.1. The quantitative estimate of drug-likeness (QED) is 0.855. The van der Waals surface area contributed by atoms with E-state index in [0.717, 1.165) is 11.4 Å². The van der Waals surface area contributed by atoms with Gasteiger partial charge in [-0.1, -0.05) is 35.4 Å². The van der Waals surface area contributed by atoms with E-state index in [4.69, 9.17) is 11.6 Å². The molecule has 1 aliphatic heterocycles. The van der Waals surface area contributed by atoms with Gasteiger partial charge in [0.25, 0.3) is 0 Å². The van der Waals surface area contributed by atoms with Crippen molar-refractivity contribution in [3.05, 3.63) is 53.1 Å². The number of aryl methyl sites for hydroxylation is 1. The molecule has 0 aromatic heterocycles. The Bertz CT molecular complexity index is 652. The number of benzene rings is 2. The second-order valence-corrected chi connectivity index (χ2v) is 5.33. The van der Waals surface area contributed by atoms with E-state index in [-0.39, 0.29) is 5.91 Å². The van der Waals surface area contributed by atoms with Crippen LogP contribution in [0.4, 0.5) is 17.1 Å². The highest BCUT2D eigenvalue weighted by atomic mass is 35.5. The third-order valence-electron chi connectivity index (χ3n) is 3.45. The Labute approximate surface area is 123 Å². The Kier molecular flexibility index (Phi) is 3.36. The highest BCUT2D eigenvalue weighted by Gasteiger charge is 2.21. The maximum Gasteiger partial charge on any atom is 0.226 e. The molecule has 0 bridgehead atoms. The Balaban J connectivity index is 2.10. The van der Waals surface area contributed by atoms with E-state index < -0.39 is 0 Å². The van der Waals surface area contributed by atoms with Crippen LogP contribution in [0.15, 0.2) is 42.5 Å². The van der Waals surface area contributed by atoms with Crippen molar-refractivity contribution in [2.45, 2.75) is 13.3 Å². The maximum atomic E-state index is 11.8. The number of anilines is 3. The Hall–Kier alpha value is -2.00. The number of carbonyl (C=O) groups is 1. The summed E-state index contributed by atoms with van der Waals surface area (Å²) in [5.74, 6) is -0.00559. The van der Waals surface area contributed by atoms with Crippen molar-refractivity contribution in [3.8, 4) is 0 Å². The zero-order valence-corrected chi connectivity index (χ0v) is 11.9. The molecule has 20 heavy (non-hydrogen) atoms. The first-order valence-corrected chi connectivity index (χ1v) is 6.95. The predicted octanol–water partition coefficient (Wildman–Crippen LogP) is 4.13. The molecule has 3 nitrogen and oxygen atoms in total. The van der Waals surface area contributed by atoms with E-state index in [1.165, 1.54) is 5.56 Å².